The molecular weight excluding hydrogens is 235 g/mol. The summed E-state index contributed by atoms with van der Waals surface area (Å²) in [5.41, 5.74) is 1.09. The summed E-state index contributed by atoms with van der Waals surface area (Å²) < 4.78 is 0. The van der Waals surface area contributed by atoms with Crippen LogP contribution in [0.3, 0.4) is 0 Å². The molecule has 1 aromatic carbocycles. The van der Waals surface area contributed by atoms with Gasteiger partial charge in [0.2, 0.25) is 0 Å². The molecule has 0 saturated heterocycles. The largest absolute Gasteiger partial charge is 0.394 e. The van der Waals surface area contributed by atoms with Crippen molar-refractivity contribution < 1.29 is 10.2 Å². The van der Waals surface area contributed by atoms with Gasteiger partial charge in [-0.1, -0.05) is 29.3 Å². The van der Waals surface area contributed by atoms with Crippen molar-refractivity contribution >= 4 is 23.2 Å². The summed E-state index contributed by atoms with van der Waals surface area (Å²) in [5, 5.41) is 18.9. The number of benzene rings is 1. The van der Waals surface area contributed by atoms with E-state index in [1.54, 1.807) is 6.07 Å². The van der Waals surface area contributed by atoms with Gasteiger partial charge in [-0.2, -0.15) is 0 Å². The van der Waals surface area contributed by atoms with Crippen LogP contribution in [-0.4, -0.2) is 22.9 Å². The standard InChI is InChI=1S/C11H14Cl2O2/c12-10-5-4-8(6-11(10)13)2-1-3-9(15)7-14/h4-6,9,14-15H,1-3,7H2. The highest BCUT2D eigenvalue weighted by Gasteiger charge is 2.03. The van der Waals surface area contributed by atoms with Crippen LogP contribution in [0.5, 0.6) is 0 Å². The Balaban J connectivity index is 2.41. The first-order chi connectivity index (χ1) is 7.13. The van der Waals surface area contributed by atoms with Crippen LogP contribution >= 0.6 is 23.2 Å². The minimum Gasteiger partial charge on any atom is -0.394 e. The van der Waals surface area contributed by atoms with E-state index in [1.807, 2.05) is 12.1 Å². The quantitative estimate of drug-likeness (QED) is 0.842. The third-order valence-electron chi connectivity index (χ3n) is 2.20. The van der Waals surface area contributed by atoms with Crippen molar-refractivity contribution in [3.8, 4) is 0 Å². The second-order valence-corrected chi connectivity index (χ2v) is 4.29. The molecule has 0 bridgehead atoms. The van der Waals surface area contributed by atoms with Gasteiger partial charge in [0.25, 0.3) is 0 Å². The summed E-state index contributed by atoms with van der Waals surface area (Å²) in [4.78, 5) is 0. The fourth-order valence-corrected chi connectivity index (χ4v) is 1.65. The topological polar surface area (TPSA) is 40.5 Å². The molecule has 84 valence electrons. The smallest absolute Gasteiger partial charge is 0.0771 e. The van der Waals surface area contributed by atoms with Gasteiger partial charge in [-0.05, 0) is 37.0 Å². The van der Waals surface area contributed by atoms with Crippen molar-refractivity contribution in [2.75, 3.05) is 6.61 Å². The molecule has 4 heteroatoms. The molecule has 0 saturated carbocycles. The Hall–Kier alpha value is -0.280. The summed E-state index contributed by atoms with van der Waals surface area (Å²) in [6.07, 6.45) is 1.62. The average Bonchev–Trinajstić information content (AvgIpc) is 2.23. The summed E-state index contributed by atoms with van der Waals surface area (Å²) in [5.74, 6) is 0. The van der Waals surface area contributed by atoms with Crippen molar-refractivity contribution in [3.63, 3.8) is 0 Å². The zero-order valence-electron chi connectivity index (χ0n) is 8.29. The van der Waals surface area contributed by atoms with Gasteiger partial charge in [-0.15, -0.1) is 0 Å². The highest BCUT2D eigenvalue weighted by Crippen LogP contribution is 2.23. The van der Waals surface area contributed by atoms with E-state index in [-0.39, 0.29) is 6.61 Å². The van der Waals surface area contributed by atoms with Gasteiger partial charge in [0, 0.05) is 0 Å². The van der Waals surface area contributed by atoms with Crippen LogP contribution in [0, 0.1) is 0 Å². The van der Waals surface area contributed by atoms with Crippen LogP contribution in [0.2, 0.25) is 10.0 Å². The van der Waals surface area contributed by atoms with E-state index < -0.39 is 6.10 Å². The SMILES string of the molecule is OCC(O)CCCc1ccc(Cl)c(Cl)c1. The number of aliphatic hydroxyl groups is 2. The lowest BCUT2D eigenvalue weighted by molar-refractivity contribution is 0.0867. The van der Waals surface area contributed by atoms with Crippen molar-refractivity contribution in [3.05, 3.63) is 33.8 Å². The zero-order chi connectivity index (χ0) is 11.3. The molecule has 0 heterocycles. The van der Waals surface area contributed by atoms with Crippen molar-refractivity contribution in [2.45, 2.75) is 25.4 Å². The lowest BCUT2D eigenvalue weighted by Gasteiger charge is -2.07. The molecule has 0 radical (unpaired) electrons. The van der Waals surface area contributed by atoms with E-state index in [0.717, 1.165) is 18.4 Å². The molecule has 0 aliphatic rings. The normalized spacial score (nSPS) is 12.8. The van der Waals surface area contributed by atoms with E-state index in [2.05, 4.69) is 0 Å². The third-order valence-corrected chi connectivity index (χ3v) is 2.94. The van der Waals surface area contributed by atoms with Gasteiger partial charge in [0.15, 0.2) is 0 Å². The van der Waals surface area contributed by atoms with E-state index in [1.165, 1.54) is 0 Å². The van der Waals surface area contributed by atoms with Gasteiger partial charge < -0.3 is 10.2 Å². The number of halogens is 2. The van der Waals surface area contributed by atoms with Crippen molar-refractivity contribution in [2.24, 2.45) is 0 Å². The first-order valence-corrected chi connectivity index (χ1v) is 5.62. The lowest BCUT2D eigenvalue weighted by Crippen LogP contribution is -2.11. The van der Waals surface area contributed by atoms with E-state index in [9.17, 15) is 0 Å². The summed E-state index contributed by atoms with van der Waals surface area (Å²) >= 11 is 11.6. The molecule has 0 spiro atoms. The Morgan fingerprint density at radius 1 is 1.20 bits per heavy atom. The summed E-state index contributed by atoms with van der Waals surface area (Å²) in [6, 6.07) is 5.51. The molecule has 2 nitrogen and oxygen atoms in total. The Morgan fingerprint density at radius 2 is 1.93 bits per heavy atom. The molecule has 1 atom stereocenters. The van der Waals surface area contributed by atoms with E-state index >= 15 is 0 Å². The Labute approximate surface area is 99.5 Å². The number of rotatable bonds is 5. The van der Waals surface area contributed by atoms with Crippen LogP contribution in [0.15, 0.2) is 18.2 Å². The van der Waals surface area contributed by atoms with Crippen LogP contribution in [0.25, 0.3) is 0 Å². The minimum absolute atomic E-state index is 0.179. The maximum atomic E-state index is 9.14. The molecule has 1 aromatic rings. The summed E-state index contributed by atoms with van der Waals surface area (Å²) in [6.45, 7) is -0.179. The van der Waals surface area contributed by atoms with Gasteiger partial charge in [0.05, 0.1) is 22.8 Å². The van der Waals surface area contributed by atoms with Crippen LogP contribution in [0.4, 0.5) is 0 Å². The maximum Gasteiger partial charge on any atom is 0.0771 e. The fraction of sp³-hybridized carbons (Fsp3) is 0.455. The van der Waals surface area contributed by atoms with Crippen molar-refractivity contribution in [1.82, 2.24) is 0 Å². The van der Waals surface area contributed by atoms with Crippen molar-refractivity contribution in [1.29, 1.82) is 0 Å². The number of hydrogen-bond donors (Lipinski definition) is 2. The second kappa shape index (κ2) is 6.33. The number of aliphatic hydroxyl groups excluding tert-OH is 2. The van der Waals surface area contributed by atoms with Gasteiger partial charge >= 0.3 is 0 Å². The second-order valence-electron chi connectivity index (χ2n) is 3.48. The number of hydrogen-bond acceptors (Lipinski definition) is 2. The highest BCUT2D eigenvalue weighted by molar-refractivity contribution is 6.42. The molecule has 1 unspecified atom stereocenters. The Kier molecular flexibility index (Phi) is 5.40. The van der Waals surface area contributed by atoms with Gasteiger partial charge in [0.1, 0.15) is 0 Å². The molecule has 0 aliphatic heterocycles. The Morgan fingerprint density at radius 3 is 2.53 bits per heavy atom. The predicted octanol–water partition coefficient (Wildman–Crippen LogP) is 2.67. The third kappa shape index (κ3) is 4.39. The minimum atomic E-state index is -0.618. The molecule has 0 fully saturated rings. The predicted molar refractivity (Wildman–Crippen MR) is 62.5 cm³/mol. The molecule has 1 rings (SSSR count). The molecule has 2 N–H and O–H groups in total. The highest BCUT2D eigenvalue weighted by atomic mass is 35.5. The molecule has 0 aliphatic carbocycles. The first kappa shape index (κ1) is 12.8. The average molecular weight is 249 g/mol. The van der Waals surface area contributed by atoms with Crippen LogP contribution in [0.1, 0.15) is 18.4 Å². The van der Waals surface area contributed by atoms with Gasteiger partial charge in [-0.25, -0.2) is 0 Å². The molecule has 15 heavy (non-hydrogen) atoms. The zero-order valence-corrected chi connectivity index (χ0v) is 9.80. The number of aryl methyl sites for hydroxylation is 1. The molecule has 0 aromatic heterocycles. The molecular formula is C11H14Cl2O2. The van der Waals surface area contributed by atoms with E-state index in [4.69, 9.17) is 33.4 Å². The maximum absolute atomic E-state index is 9.14. The monoisotopic (exact) mass is 248 g/mol. The first-order valence-electron chi connectivity index (χ1n) is 4.86. The molecule has 0 amide bonds. The van der Waals surface area contributed by atoms with Crippen LogP contribution < -0.4 is 0 Å². The van der Waals surface area contributed by atoms with E-state index in [0.29, 0.717) is 16.5 Å². The summed E-state index contributed by atoms with van der Waals surface area (Å²) in [7, 11) is 0. The lowest BCUT2D eigenvalue weighted by atomic mass is 10.1. The van der Waals surface area contributed by atoms with Gasteiger partial charge in [-0.3, -0.25) is 0 Å². The fourth-order valence-electron chi connectivity index (χ4n) is 1.33. The van der Waals surface area contributed by atoms with Crippen LogP contribution in [-0.2, 0) is 6.42 Å². The Bertz CT molecular complexity index is 315.